The molecule has 86 valence electrons. The number of rotatable bonds is 3. The average molecular weight is 226 g/mol. The van der Waals surface area contributed by atoms with E-state index in [0.717, 1.165) is 12.0 Å². The molecular formula is C15H14O2. The molecule has 0 fully saturated rings. The second kappa shape index (κ2) is 4.83. The molecule has 17 heavy (non-hydrogen) atoms. The van der Waals surface area contributed by atoms with Gasteiger partial charge in [0, 0.05) is 11.5 Å². The third-order valence-corrected chi connectivity index (χ3v) is 2.93. The van der Waals surface area contributed by atoms with E-state index >= 15 is 0 Å². The van der Waals surface area contributed by atoms with Gasteiger partial charge in [0.25, 0.3) is 0 Å². The van der Waals surface area contributed by atoms with Crippen molar-refractivity contribution in [2.24, 2.45) is 0 Å². The summed E-state index contributed by atoms with van der Waals surface area (Å²) in [6, 6.07) is 9.95. The van der Waals surface area contributed by atoms with Crippen LogP contribution in [0.5, 0.6) is 0 Å². The van der Waals surface area contributed by atoms with E-state index in [9.17, 15) is 4.79 Å². The fourth-order valence-electron chi connectivity index (χ4n) is 2.04. The van der Waals surface area contributed by atoms with Gasteiger partial charge in [-0.1, -0.05) is 60.7 Å². The quantitative estimate of drug-likeness (QED) is 0.804. The van der Waals surface area contributed by atoms with Crippen molar-refractivity contribution in [1.29, 1.82) is 0 Å². The Balaban J connectivity index is 2.41. The van der Waals surface area contributed by atoms with E-state index in [2.05, 4.69) is 6.08 Å². The Hall–Kier alpha value is -2.09. The Labute approximate surface area is 101 Å². The Bertz CT molecular complexity index is 483. The summed E-state index contributed by atoms with van der Waals surface area (Å²) in [6.07, 6.45) is 11.8. The fraction of sp³-hybridized carbons (Fsp3) is 0.133. The molecule has 0 bridgehead atoms. The number of allylic oxidation sites excluding steroid dienone is 5. The second-order valence-corrected chi connectivity index (χ2v) is 4.07. The maximum atomic E-state index is 10.7. The first kappa shape index (κ1) is 11.4. The first-order valence-electron chi connectivity index (χ1n) is 5.55. The minimum Gasteiger partial charge on any atom is -0.478 e. The van der Waals surface area contributed by atoms with E-state index in [1.165, 1.54) is 6.08 Å². The van der Waals surface area contributed by atoms with Crippen molar-refractivity contribution in [3.05, 3.63) is 72.4 Å². The summed E-state index contributed by atoms with van der Waals surface area (Å²) in [5.74, 6) is -0.914. The number of carbonyl (C=O) groups is 1. The fourth-order valence-corrected chi connectivity index (χ4v) is 2.04. The molecule has 0 aromatic heterocycles. The lowest BCUT2D eigenvalue weighted by atomic mass is 9.75. The molecule has 0 heterocycles. The minimum atomic E-state index is -0.914. The molecule has 1 aromatic rings. The summed E-state index contributed by atoms with van der Waals surface area (Å²) in [4.78, 5) is 10.7. The van der Waals surface area contributed by atoms with Gasteiger partial charge in [-0.25, -0.2) is 4.79 Å². The van der Waals surface area contributed by atoms with E-state index in [0.29, 0.717) is 0 Å². The maximum absolute atomic E-state index is 10.7. The van der Waals surface area contributed by atoms with Gasteiger partial charge < -0.3 is 5.11 Å². The molecule has 0 amide bonds. The monoisotopic (exact) mass is 226 g/mol. The van der Waals surface area contributed by atoms with Gasteiger partial charge in [-0.2, -0.15) is 0 Å². The SMILES string of the molecule is O=C(O)/C=C/C1(c2ccccc2)C=CC=CC1. The van der Waals surface area contributed by atoms with Crippen LogP contribution in [-0.2, 0) is 10.2 Å². The zero-order valence-corrected chi connectivity index (χ0v) is 9.41. The predicted molar refractivity (Wildman–Crippen MR) is 67.8 cm³/mol. The highest BCUT2D eigenvalue weighted by molar-refractivity contribution is 5.80. The molecule has 1 atom stereocenters. The van der Waals surface area contributed by atoms with Gasteiger partial charge in [0.1, 0.15) is 0 Å². The second-order valence-electron chi connectivity index (χ2n) is 4.07. The van der Waals surface area contributed by atoms with Crippen molar-refractivity contribution in [3.8, 4) is 0 Å². The molecule has 1 N–H and O–H groups in total. The summed E-state index contributed by atoms with van der Waals surface area (Å²) in [5.41, 5.74) is 0.784. The molecule has 2 rings (SSSR count). The lowest BCUT2D eigenvalue weighted by Crippen LogP contribution is -2.21. The predicted octanol–water partition coefficient (Wildman–Crippen LogP) is 3.08. The average Bonchev–Trinajstić information content (AvgIpc) is 2.39. The largest absolute Gasteiger partial charge is 0.478 e. The van der Waals surface area contributed by atoms with Crippen LogP contribution in [0.2, 0.25) is 0 Å². The van der Waals surface area contributed by atoms with E-state index in [4.69, 9.17) is 5.11 Å². The van der Waals surface area contributed by atoms with Gasteiger partial charge in [-0.15, -0.1) is 0 Å². The third kappa shape index (κ3) is 2.53. The summed E-state index contributed by atoms with van der Waals surface area (Å²) in [5, 5.41) is 8.78. The number of hydrogen-bond donors (Lipinski definition) is 1. The Kier molecular flexibility index (Phi) is 3.24. The molecule has 0 saturated carbocycles. The van der Waals surface area contributed by atoms with Crippen LogP contribution in [0, 0.1) is 0 Å². The molecule has 1 aromatic carbocycles. The van der Waals surface area contributed by atoms with E-state index < -0.39 is 5.97 Å². The molecule has 0 aliphatic heterocycles. The van der Waals surface area contributed by atoms with E-state index in [1.807, 2.05) is 48.6 Å². The lowest BCUT2D eigenvalue weighted by molar-refractivity contribution is -0.131. The molecule has 1 aliphatic rings. The maximum Gasteiger partial charge on any atom is 0.328 e. The lowest BCUT2D eigenvalue weighted by Gasteiger charge is -2.28. The van der Waals surface area contributed by atoms with Gasteiger partial charge in [0.05, 0.1) is 0 Å². The van der Waals surface area contributed by atoms with Crippen molar-refractivity contribution in [1.82, 2.24) is 0 Å². The normalized spacial score (nSPS) is 23.1. The van der Waals surface area contributed by atoms with Crippen molar-refractivity contribution >= 4 is 5.97 Å². The molecule has 1 unspecified atom stereocenters. The van der Waals surface area contributed by atoms with E-state index in [1.54, 1.807) is 6.08 Å². The number of carboxylic acids is 1. The minimum absolute atomic E-state index is 0.325. The van der Waals surface area contributed by atoms with Gasteiger partial charge >= 0.3 is 5.97 Å². The highest BCUT2D eigenvalue weighted by Gasteiger charge is 2.26. The number of aliphatic carboxylic acids is 1. The van der Waals surface area contributed by atoms with Crippen LogP contribution < -0.4 is 0 Å². The number of hydrogen-bond acceptors (Lipinski definition) is 1. The molecule has 0 spiro atoms. The van der Waals surface area contributed by atoms with Crippen LogP contribution in [0.4, 0.5) is 0 Å². The van der Waals surface area contributed by atoms with Crippen LogP contribution in [0.15, 0.2) is 66.8 Å². The molecule has 1 aliphatic carbocycles. The summed E-state index contributed by atoms with van der Waals surface area (Å²) in [6.45, 7) is 0. The Morgan fingerprint density at radius 3 is 2.59 bits per heavy atom. The molecule has 2 nitrogen and oxygen atoms in total. The molecular weight excluding hydrogens is 212 g/mol. The van der Waals surface area contributed by atoms with E-state index in [-0.39, 0.29) is 5.41 Å². The Morgan fingerprint density at radius 2 is 2.00 bits per heavy atom. The zero-order valence-electron chi connectivity index (χ0n) is 9.41. The smallest absolute Gasteiger partial charge is 0.328 e. The standard InChI is InChI=1S/C15H14O2/c16-14(17)9-12-15(10-5-2-6-11-15)13-7-3-1-4-8-13/h1-10,12H,11H2,(H,16,17)/b12-9+. The highest BCUT2D eigenvalue weighted by Crippen LogP contribution is 2.33. The summed E-state index contributed by atoms with van der Waals surface area (Å²) in [7, 11) is 0. The third-order valence-electron chi connectivity index (χ3n) is 2.93. The van der Waals surface area contributed by atoms with Gasteiger partial charge in [-0.3, -0.25) is 0 Å². The zero-order chi connectivity index (χ0) is 12.1. The molecule has 0 radical (unpaired) electrons. The van der Waals surface area contributed by atoms with Crippen LogP contribution in [-0.4, -0.2) is 11.1 Å². The van der Waals surface area contributed by atoms with Crippen molar-refractivity contribution in [3.63, 3.8) is 0 Å². The number of carboxylic acid groups (broad SMARTS) is 1. The van der Waals surface area contributed by atoms with Crippen LogP contribution in [0.1, 0.15) is 12.0 Å². The van der Waals surface area contributed by atoms with Gasteiger partial charge in [-0.05, 0) is 12.0 Å². The number of benzene rings is 1. The molecule has 2 heteroatoms. The first-order valence-corrected chi connectivity index (χ1v) is 5.55. The van der Waals surface area contributed by atoms with Crippen molar-refractivity contribution < 1.29 is 9.90 Å². The van der Waals surface area contributed by atoms with Gasteiger partial charge in [0.2, 0.25) is 0 Å². The van der Waals surface area contributed by atoms with Crippen LogP contribution >= 0.6 is 0 Å². The van der Waals surface area contributed by atoms with Gasteiger partial charge in [0.15, 0.2) is 0 Å². The van der Waals surface area contributed by atoms with Crippen molar-refractivity contribution in [2.75, 3.05) is 0 Å². The van der Waals surface area contributed by atoms with Crippen molar-refractivity contribution in [2.45, 2.75) is 11.8 Å². The first-order chi connectivity index (χ1) is 8.23. The van der Waals surface area contributed by atoms with Crippen LogP contribution in [0.3, 0.4) is 0 Å². The topological polar surface area (TPSA) is 37.3 Å². The molecule has 0 saturated heterocycles. The Morgan fingerprint density at radius 1 is 1.24 bits per heavy atom. The summed E-state index contributed by atoms with van der Waals surface area (Å²) < 4.78 is 0. The summed E-state index contributed by atoms with van der Waals surface area (Å²) >= 11 is 0. The highest BCUT2D eigenvalue weighted by atomic mass is 16.4. The van der Waals surface area contributed by atoms with Crippen LogP contribution in [0.25, 0.3) is 0 Å².